The minimum atomic E-state index is -0.199. The van der Waals surface area contributed by atoms with Crippen LogP contribution in [0.1, 0.15) is 47.8 Å². The predicted octanol–water partition coefficient (Wildman–Crippen LogP) is 6.52. The van der Waals surface area contributed by atoms with Gasteiger partial charge in [-0.3, -0.25) is 4.79 Å². The van der Waals surface area contributed by atoms with E-state index >= 15 is 0 Å². The Labute approximate surface area is 248 Å². The van der Waals surface area contributed by atoms with Gasteiger partial charge in [-0.05, 0) is 73.9 Å². The molecule has 0 fully saturated rings. The van der Waals surface area contributed by atoms with Crippen LogP contribution < -0.4 is 14.8 Å². The minimum absolute atomic E-state index is 0.199. The van der Waals surface area contributed by atoms with Crippen LogP contribution >= 0.6 is 11.3 Å². The van der Waals surface area contributed by atoms with Gasteiger partial charge in [0.25, 0.3) is 5.56 Å². The number of hydrogen-bond acceptors (Lipinski definition) is 6. The minimum Gasteiger partial charge on any atom is -0.494 e. The first kappa shape index (κ1) is 27.4. The third-order valence-electron chi connectivity index (χ3n) is 6.97. The number of nitrogens with zero attached hydrogens (tertiary/aromatic N) is 5. The lowest BCUT2D eigenvalue weighted by Crippen LogP contribution is -2.23. The average Bonchev–Trinajstić information content (AvgIpc) is 3.69. The molecule has 0 atom stereocenters. The van der Waals surface area contributed by atoms with Crippen molar-refractivity contribution in [3.8, 4) is 22.7 Å². The quantitative estimate of drug-likeness (QED) is 0.184. The number of ether oxygens (including phenoxy) is 1. The third kappa shape index (κ3) is 5.80. The summed E-state index contributed by atoms with van der Waals surface area (Å²) in [5.74, 6) is 1.34. The zero-order chi connectivity index (χ0) is 29.1. The Hall–Kier alpha value is -4.82. The Bertz CT molecular complexity index is 1990. The lowest BCUT2D eigenvalue weighted by molar-refractivity contribution is 0.309. The van der Waals surface area contributed by atoms with Crippen molar-refractivity contribution in [3.63, 3.8) is 0 Å². The van der Waals surface area contributed by atoms with E-state index in [4.69, 9.17) is 9.84 Å². The summed E-state index contributed by atoms with van der Waals surface area (Å²) < 4.78 is 9.52. The highest BCUT2D eigenvalue weighted by molar-refractivity contribution is 7.15. The number of aryl methyl sites for hydroxylation is 2. The highest BCUT2D eigenvalue weighted by atomic mass is 32.1. The number of fused-ring (bicyclic) bond motifs is 1. The number of aromatic nitrogens is 5. The van der Waals surface area contributed by atoms with Gasteiger partial charge in [0.2, 0.25) is 4.96 Å². The Morgan fingerprint density at radius 1 is 0.952 bits per heavy atom. The van der Waals surface area contributed by atoms with Gasteiger partial charge in [-0.2, -0.15) is 14.6 Å². The molecular weight excluding hydrogens is 542 g/mol. The second kappa shape index (κ2) is 12.0. The standard InChI is InChI=1S/C34H31N5O2S/c1-4-5-19-41-28-16-13-25(14-17-28)15-18-31-35-34-39(36-31)33(40)30(42-34)21-26-22-38(27-9-7-6-8-10-27)37-32(26)29-20-23(2)11-12-24(29)3/h6-18,20-22H,4-5,19H2,1-3H3/b18-15+,30-21-. The van der Waals surface area contributed by atoms with E-state index in [2.05, 4.69) is 49.1 Å². The number of hydrogen-bond donors (Lipinski definition) is 0. The number of thiazole rings is 1. The lowest BCUT2D eigenvalue weighted by Gasteiger charge is -2.05. The molecule has 0 aliphatic rings. The normalized spacial score (nSPS) is 12.1. The van der Waals surface area contributed by atoms with Crippen LogP contribution in [0.2, 0.25) is 0 Å². The summed E-state index contributed by atoms with van der Waals surface area (Å²) in [7, 11) is 0. The molecule has 6 rings (SSSR count). The lowest BCUT2D eigenvalue weighted by atomic mass is 10.0. The van der Waals surface area contributed by atoms with Crippen molar-refractivity contribution in [2.24, 2.45) is 0 Å². The molecule has 42 heavy (non-hydrogen) atoms. The topological polar surface area (TPSA) is 74.3 Å². The fraction of sp³-hybridized carbons (Fsp3) is 0.176. The Kier molecular flexibility index (Phi) is 7.79. The number of unbranched alkanes of at least 4 members (excludes halogenated alkanes) is 1. The summed E-state index contributed by atoms with van der Waals surface area (Å²) >= 11 is 1.32. The molecule has 8 heteroatoms. The largest absolute Gasteiger partial charge is 0.494 e. The van der Waals surface area contributed by atoms with Crippen molar-refractivity contribution < 1.29 is 4.74 Å². The monoisotopic (exact) mass is 573 g/mol. The molecule has 0 unspecified atom stereocenters. The van der Waals surface area contributed by atoms with Crippen LogP contribution in [0.25, 0.3) is 40.1 Å². The molecule has 3 aromatic carbocycles. The summed E-state index contributed by atoms with van der Waals surface area (Å²) in [4.78, 5) is 18.5. The molecule has 0 spiro atoms. The maximum absolute atomic E-state index is 13.4. The highest BCUT2D eigenvalue weighted by Crippen LogP contribution is 2.28. The van der Waals surface area contributed by atoms with E-state index in [9.17, 15) is 4.79 Å². The van der Waals surface area contributed by atoms with E-state index in [-0.39, 0.29) is 5.56 Å². The fourth-order valence-electron chi connectivity index (χ4n) is 4.65. The van der Waals surface area contributed by atoms with Gasteiger partial charge >= 0.3 is 0 Å². The highest BCUT2D eigenvalue weighted by Gasteiger charge is 2.15. The third-order valence-corrected chi connectivity index (χ3v) is 7.93. The average molecular weight is 574 g/mol. The van der Waals surface area contributed by atoms with Crippen molar-refractivity contribution in [3.05, 3.63) is 122 Å². The first-order chi connectivity index (χ1) is 20.5. The molecule has 0 radical (unpaired) electrons. The van der Waals surface area contributed by atoms with Crippen LogP contribution in [0.15, 0.2) is 83.8 Å². The van der Waals surface area contributed by atoms with Crippen LogP contribution in [0.3, 0.4) is 0 Å². The molecule has 3 heterocycles. The molecule has 210 valence electrons. The molecule has 0 saturated heterocycles. The van der Waals surface area contributed by atoms with Gasteiger partial charge in [-0.25, -0.2) is 4.68 Å². The number of benzene rings is 3. The maximum atomic E-state index is 13.4. The summed E-state index contributed by atoms with van der Waals surface area (Å²) in [6, 6.07) is 24.2. The zero-order valence-corrected chi connectivity index (χ0v) is 24.6. The van der Waals surface area contributed by atoms with Crippen LogP contribution in [-0.4, -0.2) is 31.0 Å². The van der Waals surface area contributed by atoms with Crippen molar-refractivity contribution in [1.82, 2.24) is 24.4 Å². The van der Waals surface area contributed by atoms with E-state index in [1.165, 1.54) is 15.9 Å². The van der Waals surface area contributed by atoms with Gasteiger partial charge < -0.3 is 4.74 Å². The van der Waals surface area contributed by atoms with Gasteiger partial charge in [0, 0.05) is 17.3 Å². The van der Waals surface area contributed by atoms with Gasteiger partial charge in [0.15, 0.2) is 5.82 Å². The molecule has 0 amide bonds. The first-order valence-electron chi connectivity index (χ1n) is 14.0. The van der Waals surface area contributed by atoms with E-state index in [1.807, 2.05) is 83.7 Å². The Morgan fingerprint density at radius 2 is 1.76 bits per heavy atom. The SMILES string of the molecule is CCCCOc1ccc(/C=C/c2nc3s/c(=C\c4cn(-c5ccccc5)nc4-c4cc(C)ccc4C)c(=O)n3n2)cc1. The van der Waals surface area contributed by atoms with E-state index in [0.29, 0.717) is 15.3 Å². The van der Waals surface area contributed by atoms with Crippen molar-refractivity contribution >= 4 is 34.5 Å². The molecule has 0 bridgehead atoms. The summed E-state index contributed by atoms with van der Waals surface area (Å²) in [5.41, 5.74) is 6.74. The van der Waals surface area contributed by atoms with Crippen molar-refractivity contribution in [1.29, 1.82) is 0 Å². The summed E-state index contributed by atoms with van der Waals surface area (Å²) in [6.07, 6.45) is 9.76. The van der Waals surface area contributed by atoms with E-state index in [0.717, 1.165) is 64.4 Å². The molecule has 0 aliphatic carbocycles. The van der Waals surface area contributed by atoms with Crippen molar-refractivity contribution in [2.45, 2.75) is 33.6 Å². The fourth-order valence-corrected chi connectivity index (χ4v) is 5.55. The van der Waals surface area contributed by atoms with Crippen LogP contribution in [0.5, 0.6) is 5.75 Å². The molecule has 6 aromatic rings. The van der Waals surface area contributed by atoms with E-state index in [1.54, 1.807) is 0 Å². The Balaban J connectivity index is 1.32. The maximum Gasteiger partial charge on any atom is 0.291 e. The molecule has 7 nitrogen and oxygen atoms in total. The van der Waals surface area contributed by atoms with Gasteiger partial charge in [0.1, 0.15) is 11.4 Å². The molecule has 0 N–H and O–H groups in total. The second-order valence-electron chi connectivity index (χ2n) is 10.2. The summed E-state index contributed by atoms with van der Waals surface area (Å²) in [5, 5.41) is 9.41. The first-order valence-corrected chi connectivity index (χ1v) is 14.8. The Morgan fingerprint density at radius 3 is 2.52 bits per heavy atom. The second-order valence-corrected chi connectivity index (χ2v) is 11.2. The number of rotatable bonds is 9. The molecule has 3 aromatic heterocycles. The predicted molar refractivity (Wildman–Crippen MR) is 170 cm³/mol. The van der Waals surface area contributed by atoms with Crippen LogP contribution in [0.4, 0.5) is 0 Å². The van der Waals surface area contributed by atoms with Crippen LogP contribution in [-0.2, 0) is 0 Å². The van der Waals surface area contributed by atoms with Gasteiger partial charge in [-0.15, -0.1) is 5.10 Å². The molecule has 0 aliphatic heterocycles. The van der Waals surface area contributed by atoms with Crippen LogP contribution in [0, 0.1) is 13.8 Å². The summed E-state index contributed by atoms with van der Waals surface area (Å²) in [6.45, 7) is 7.01. The van der Waals surface area contributed by atoms with Crippen molar-refractivity contribution in [2.75, 3.05) is 6.61 Å². The van der Waals surface area contributed by atoms with Gasteiger partial charge in [0.05, 0.1) is 16.8 Å². The molecule has 0 saturated carbocycles. The van der Waals surface area contributed by atoms with E-state index < -0.39 is 0 Å². The molecular formula is C34H31N5O2S. The smallest absolute Gasteiger partial charge is 0.291 e. The zero-order valence-electron chi connectivity index (χ0n) is 23.8. The number of para-hydroxylation sites is 1. The van der Waals surface area contributed by atoms with Gasteiger partial charge in [-0.1, -0.05) is 78.8 Å².